The van der Waals surface area contributed by atoms with E-state index in [0.29, 0.717) is 5.75 Å². The van der Waals surface area contributed by atoms with E-state index in [2.05, 4.69) is 12.2 Å². The van der Waals surface area contributed by atoms with Gasteiger partial charge in [0.1, 0.15) is 6.04 Å². The highest BCUT2D eigenvalue weighted by Crippen LogP contribution is 2.33. The molecule has 6 heteroatoms. The van der Waals surface area contributed by atoms with Gasteiger partial charge in [-0.1, -0.05) is 26.2 Å². The fourth-order valence-corrected chi connectivity index (χ4v) is 4.47. The number of urea groups is 1. The monoisotopic (exact) mass is 300 g/mol. The van der Waals surface area contributed by atoms with Gasteiger partial charge in [0.2, 0.25) is 0 Å². The van der Waals surface area contributed by atoms with Crippen molar-refractivity contribution in [3.63, 3.8) is 0 Å². The van der Waals surface area contributed by atoms with Gasteiger partial charge in [-0.3, -0.25) is 4.90 Å². The number of amides is 2. The van der Waals surface area contributed by atoms with Crippen LogP contribution in [0.25, 0.3) is 0 Å². The first-order valence-corrected chi connectivity index (χ1v) is 8.46. The fourth-order valence-electron chi connectivity index (χ4n) is 3.12. The molecular formula is C14H24N2O3S. The third-order valence-electron chi connectivity index (χ3n) is 4.33. The topological polar surface area (TPSA) is 69.6 Å². The van der Waals surface area contributed by atoms with E-state index in [4.69, 9.17) is 0 Å². The van der Waals surface area contributed by atoms with Gasteiger partial charge in [-0.05, 0) is 26.2 Å². The average molecular weight is 300 g/mol. The van der Waals surface area contributed by atoms with Crippen molar-refractivity contribution in [3.05, 3.63) is 0 Å². The second-order valence-corrected chi connectivity index (χ2v) is 7.22. The van der Waals surface area contributed by atoms with Crippen molar-refractivity contribution in [2.45, 2.75) is 69.3 Å². The molecule has 2 amide bonds. The van der Waals surface area contributed by atoms with Crippen LogP contribution in [-0.2, 0) is 4.79 Å². The largest absolute Gasteiger partial charge is 0.480 e. The Morgan fingerprint density at radius 1 is 1.35 bits per heavy atom. The molecule has 2 fully saturated rings. The smallest absolute Gasteiger partial charge is 0.327 e. The minimum atomic E-state index is -0.905. The van der Waals surface area contributed by atoms with E-state index in [9.17, 15) is 14.7 Å². The molecule has 2 rings (SSSR count). The van der Waals surface area contributed by atoms with Crippen LogP contribution < -0.4 is 5.32 Å². The lowest BCUT2D eigenvalue weighted by atomic mass is 9.83. The number of hydrogen-bond acceptors (Lipinski definition) is 3. The predicted octanol–water partition coefficient (Wildman–Crippen LogP) is 2.66. The summed E-state index contributed by atoms with van der Waals surface area (Å²) in [6.45, 7) is 4.06. The second kappa shape index (κ2) is 6.24. The molecule has 1 saturated heterocycles. The number of nitrogens with one attached hydrogen (secondary N) is 1. The molecule has 0 aromatic rings. The van der Waals surface area contributed by atoms with E-state index < -0.39 is 12.0 Å². The van der Waals surface area contributed by atoms with Crippen molar-refractivity contribution in [2.24, 2.45) is 0 Å². The van der Waals surface area contributed by atoms with Crippen LogP contribution >= 0.6 is 11.8 Å². The molecule has 1 aliphatic carbocycles. The van der Waals surface area contributed by atoms with Gasteiger partial charge >= 0.3 is 12.0 Å². The number of hydrogen-bond donors (Lipinski definition) is 2. The Balaban J connectivity index is 2.06. The molecule has 0 spiro atoms. The van der Waals surface area contributed by atoms with Gasteiger partial charge in [-0.2, -0.15) is 0 Å². The molecule has 20 heavy (non-hydrogen) atoms. The lowest BCUT2D eigenvalue weighted by Gasteiger charge is -2.37. The highest BCUT2D eigenvalue weighted by Gasteiger charge is 2.42. The van der Waals surface area contributed by atoms with Crippen LogP contribution in [-0.4, -0.2) is 44.7 Å². The van der Waals surface area contributed by atoms with Gasteiger partial charge in [0.25, 0.3) is 0 Å². The zero-order valence-electron chi connectivity index (χ0n) is 12.2. The maximum atomic E-state index is 12.5. The number of carbonyl (C=O) groups excluding carboxylic acids is 1. The van der Waals surface area contributed by atoms with Crippen molar-refractivity contribution < 1.29 is 14.7 Å². The first-order valence-electron chi connectivity index (χ1n) is 7.42. The lowest BCUT2D eigenvalue weighted by molar-refractivity contribution is -0.141. The number of rotatable bonds is 3. The van der Waals surface area contributed by atoms with E-state index in [-0.39, 0.29) is 16.9 Å². The van der Waals surface area contributed by atoms with Gasteiger partial charge < -0.3 is 10.4 Å². The van der Waals surface area contributed by atoms with Gasteiger partial charge in [-0.15, -0.1) is 11.8 Å². The Morgan fingerprint density at radius 2 is 2.00 bits per heavy atom. The van der Waals surface area contributed by atoms with E-state index in [1.54, 1.807) is 11.8 Å². The fraction of sp³-hybridized carbons (Fsp3) is 0.857. The molecular weight excluding hydrogens is 276 g/mol. The zero-order valence-corrected chi connectivity index (χ0v) is 13.0. The number of thioether (sulfide) groups is 1. The standard InChI is InChI=1S/C14H24N2O3S/c1-3-11-16(10(9-20-11)12(17)18)13(19)15-14(2)7-5-4-6-8-14/h10-11H,3-9H2,1-2H3,(H,15,19)(H,17,18). The maximum Gasteiger partial charge on any atom is 0.327 e. The quantitative estimate of drug-likeness (QED) is 0.840. The van der Waals surface area contributed by atoms with Crippen LogP contribution in [0.15, 0.2) is 0 Å². The maximum absolute atomic E-state index is 12.5. The van der Waals surface area contributed by atoms with Crippen molar-refractivity contribution >= 4 is 23.8 Å². The molecule has 2 unspecified atom stereocenters. The van der Waals surface area contributed by atoms with E-state index in [1.807, 2.05) is 6.92 Å². The van der Waals surface area contributed by atoms with Crippen molar-refractivity contribution in [3.8, 4) is 0 Å². The summed E-state index contributed by atoms with van der Waals surface area (Å²) in [6.07, 6.45) is 6.22. The molecule has 114 valence electrons. The van der Waals surface area contributed by atoms with Crippen molar-refractivity contribution in [1.29, 1.82) is 0 Å². The molecule has 0 aromatic heterocycles. The van der Waals surface area contributed by atoms with Gasteiger partial charge in [-0.25, -0.2) is 9.59 Å². The summed E-state index contributed by atoms with van der Waals surface area (Å²) in [5.74, 6) is -0.421. The molecule has 2 N–H and O–H groups in total. The molecule has 0 bridgehead atoms. The van der Waals surface area contributed by atoms with Gasteiger partial charge in [0.05, 0.1) is 5.37 Å². The highest BCUT2D eigenvalue weighted by molar-refractivity contribution is 8.00. The minimum Gasteiger partial charge on any atom is -0.480 e. The SMILES string of the molecule is CCC1SCC(C(=O)O)N1C(=O)NC1(C)CCCCC1. The first-order chi connectivity index (χ1) is 9.47. The molecule has 1 heterocycles. The van der Waals surface area contributed by atoms with Gasteiger partial charge in [0, 0.05) is 11.3 Å². The molecule has 0 aromatic carbocycles. The van der Waals surface area contributed by atoms with E-state index >= 15 is 0 Å². The van der Waals surface area contributed by atoms with Crippen LogP contribution in [0.2, 0.25) is 0 Å². The Hall–Kier alpha value is -0.910. The predicted molar refractivity (Wildman–Crippen MR) is 79.8 cm³/mol. The van der Waals surface area contributed by atoms with Crippen LogP contribution in [0.4, 0.5) is 4.79 Å². The van der Waals surface area contributed by atoms with Crippen molar-refractivity contribution in [2.75, 3.05) is 5.75 Å². The Bertz CT molecular complexity index is 383. The molecule has 2 aliphatic rings. The third kappa shape index (κ3) is 3.22. The Morgan fingerprint density at radius 3 is 2.55 bits per heavy atom. The second-order valence-electron chi connectivity index (χ2n) is 6.01. The van der Waals surface area contributed by atoms with Crippen LogP contribution in [0.3, 0.4) is 0 Å². The summed E-state index contributed by atoms with van der Waals surface area (Å²) in [5, 5.41) is 12.4. The zero-order chi connectivity index (χ0) is 14.8. The number of carboxylic acids is 1. The Kier molecular flexibility index (Phi) is 4.83. The molecule has 2 atom stereocenters. The Labute approximate surface area is 124 Å². The van der Waals surface area contributed by atoms with E-state index in [1.165, 1.54) is 11.3 Å². The summed E-state index contributed by atoms with van der Waals surface area (Å²) < 4.78 is 0. The highest BCUT2D eigenvalue weighted by atomic mass is 32.2. The lowest BCUT2D eigenvalue weighted by Crippen LogP contribution is -2.56. The summed E-state index contributed by atoms with van der Waals surface area (Å²) in [6, 6.07) is -0.907. The number of carboxylic acid groups (broad SMARTS) is 1. The minimum absolute atomic E-state index is 0.0247. The first kappa shape index (κ1) is 15.5. The molecule has 0 radical (unpaired) electrons. The number of aliphatic carboxylic acids is 1. The molecule has 1 aliphatic heterocycles. The summed E-state index contributed by atoms with van der Waals surface area (Å²) in [4.78, 5) is 25.4. The van der Waals surface area contributed by atoms with Crippen LogP contribution in [0, 0.1) is 0 Å². The number of carbonyl (C=O) groups is 2. The number of nitrogens with zero attached hydrogens (tertiary/aromatic N) is 1. The van der Waals surface area contributed by atoms with E-state index in [0.717, 1.165) is 32.1 Å². The third-order valence-corrected chi connectivity index (χ3v) is 5.78. The van der Waals surface area contributed by atoms with Gasteiger partial charge in [0.15, 0.2) is 0 Å². The molecule has 1 saturated carbocycles. The summed E-state index contributed by atoms with van der Waals surface area (Å²) in [7, 11) is 0. The summed E-state index contributed by atoms with van der Waals surface area (Å²) >= 11 is 1.56. The van der Waals surface area contributed by atoms with Crippen LogP contribution in [0.1, 0.15) is 52.4 Å². The normalized spacial score (nSPS) is 29.2. The average Bonchev–Trinajstić information content (AvgIpc) is 2.83. The van der Waals surface area contributed by atoms with Crippen molar-refractivity contribution in [1.82, 2.24) is 10.2 Å². The summed E-state index contributed by atoms with van der Waals surface area (Å²) in [5.41, 5.74) is -0.177. The molecule has 5 nitrogen and oxygen atoms in total. The van der Waals surface area contributed by atoms with Crippen LogP contribution in [0.5, 0.6) is 0 Å².